The summed E-state index contributed by atoms with van der Waals surface area (Å²) in [5, 5.41) is 1.06. The quantitative estimate of drug-likeness (QED) is 0.451. The van der Waals surface area contributed by atoms with E-state index >= 15 is 0 Å². The van der Waals surface area contributed by atoms with Crippen molar-refractivity contribution >= 4 is 33.3 Å². The molecule has 0 aliphatic carbocycles. The largest absolute Gasteiger partial charge is 0.255 e. The van der Waals surface area contributed by atoms with Gasteiger partial charge < -0.3 is 0 Å². The Bertz CT molecular complexity index is 1130. The van der Waals surface area contributed by atoms with Crippen LogP contribution in [0.15, 0.2) is 77.7 Å². The number of benzene rings is 3. The second-order valence-corrected chi connectivity index (χ2v) is 7.55. The molecule has 26 heavy (non-hydrogen) atoms. The van der Waals surface area contributed by atoms with E-state index in [0.29, 0.717) is 5.69 Å². The van der Waals surface area contributed by atoms with Gasteiger partial charge in [-0.1, -0.05) is 66.7 Å². The molecule has 0 radical (unpaired) electrons. The monoisotopic (exact) mass is 378 g/mol. The van der Waals surface area contributed by atoms with Crippen LogP contribution in [0.25, 0.3) is 33.3 Å². The maximum atomic E-state index is 12.2. The van der Waals surface area contributed by atoms with E-state index in [1.807, 2.05) is 72.8 Å². The number of fused-ring (bicyclic) bond motifs is 1. The molecule has 3 nitrogen and oxygen atoms in total. The number of nitrogens with zero attached hydrogens (tertiary/aromatic N) is 2. The summed E-state index contributed by atoms with van der Waals surface area (Å²) in [5.74, 6) is 0. The number of para-hydroxylation sites is 1. The molecule has 0 spiro atoms. The van der Waals surface area contributed by atoms with Crippen LogP contribution in [0.4, 0.5) is 0 Å². The topological polar surface area (TPSA) is 42.9 Å². The third-order valence-corrected chi connectivity index (χ3v) is 5.38. The normalized spacial score (nSPS) is 12.2. The summed E-state index contributed by atoms with van der Waals surface area (Å²) in [6, 6.07) is 23.6. The first-order valence-electron chi connectivity index (χ1n) is 8.09. The Morgan fingerprint density at radius 2 is 1.50 bits per heavy atom. The maximum Gasteiger partial charge on any atom is 0.223 e. The van der Waals surface area contributed by atoms with Gasteiger partial charge in [-0.2, -0.15) is 0 Å². The van der Waals surface area contributed by atoms with Gasteiger partial charge in [-0.15, -0.1) is 0 Å². The molecule has 128 valence electrons. The van der Waals surface area contributed by atoms with Gasteiger partial charge in [-0.05, 0) is 23.2 Å². The minimum absolute atomic E-state index is 0.174. The van der Waals surface area contributed by atoms with Gasteiger partial charge in [-0.3, -0.25) is 4.21 Å². The molecule has 1 aromatic heterocycles. The number of hydrogen-bond acceptors (Lipinski definition) is 3. The second kappa shape index (κ2) is 6.98. The molecule has 0 bridgehead atoms. The lowest BCUT2D eigenvalue weighted by Gasteiger charge is -2.12. The highest BCUT2D eigenvalue weighted by molar-refractivity contribution is 7.84. The molecular formula is C21H15ClN2OS. The predicted octanol–water partition coefficient (Wildman–Crippen LogP) is 5.35. The van der Waals surface area contributed by atoms with E-state index in [-0.39, 0.29) is 5.28 Å². The van der Waals surface area contributed by atoms with Crippen LogP contribution in [0.2, 0.25) is 5.28 Å². The van der Waals surface area contributed by atoms with Gasteiger partial charge in [0.25, 0.3) is 0 Å². The molecular weight excluding hydrogens is 364 g/mol. The van der Waals surface area contributed by atoms with Gasteiger partial charge in [0.2, 0.25) is 5.28 Å². The minimum Gasteiger partial charge on any atom is -0.255 e. The van der Waals surface area contributed by atoms with Gasteiger partial charge in [0, 0.05) is 27.7 Å². The first kappa shape index (κ1) is 16.9. The van der Waals surface area contributed by atoms with E-state index in [1.165, 1.54) is 0 Å². The van der Waals surface area contributed by atoms with E-state index in [1.54, 1.807) is 6.26 Å². The van der Waals surface area contributed by atoms with E-state index < -0.39 is 10.8 Å². The second-order valence-electron chi connectivity index (χ2n) is 5.86. The average Bonchev–Trinajstić information content (AvgIpc) is 2.67. The first-order chi connectivity index (χ1) is 12.6. The number of halogens is 1. The van der Waals surface area contributed by atoms with Crippen molar-refractivity contribution < 1.29 is 4.21 Å². The fraction of sp³-hybridized carbons (Fsp3) is 0.0476. The van der Waals surface area contributed by atoms with Crippen LogP contribution in [-0.4, -0.2) is 20.4 Å². The molecule has 3 aromatic carbocycles. The maximum absolute atomic E-state index is 12.2. The molecule has 4 rings (SSSR count). The van der Waals surface area contributed by atoms with Crippen molar-refractivity contribution in [2.24, 2.45) is 0 Å². The Balaban J connectivity index is 2.06. The van der Waals surface area contributed by atoms with E-state index in [4.69, 9.17) is 11.6 Å². The van der Waals surface area contributed by atoms with E-state index in [2.05, 4.69) is 9.97 Å². The molecule has 0 saturated carbocycles. The first-order valence-corrected chi connectivity index (χ1v) is 10.0. The van der Waals surface area contributed by atoms with Gasteiger partial charge in [0.1, 0.15) is 0 Å². The lowest BCUT2D eigenvalue weighted by atomic mass is 9.99. The fourth-order valence-corrected chi connectivity index (χ4v) is 4.01. The fourth-order valence-electron chi connectivity index (χ4n) is 3.09. The highest BCUT2D eigenvalue weighted by Crippen LogP contribution is 2.35. The molecule has 1 atom stereocenters. The molecule has 1 heterocycles. The van der Waals surface area contributed by atoms with Crippen molar-refractivity contribution in [1.82, 2.24) is 9.97 Å². The third-order valence-electron chi connectivity index (χ3n) is 4.24. The summed E-state index contributed by atoms with van der Waals surface area (Å²) in [7, 11) is -1.14. The van der Waals surface area contributed by atoms with Crippen molar-refractivity contribution in [3.05, 3.63) is 78.1 Å². The van der Waals surface area contributed by atoms with Crippen LogP contribution >= 0.6 is 11.6 Å². The third kappa shape index (κ3) is 3.02. The molecule has 0 saturated heterocycles. The van der Waals surface area contributed by atoms with E-state index in [9.17, 15) is 4.21 Å². The number of hydrogen-bond donors (Lipinski definition) is 0. The van der Waals surface area contributed by atoms with Crippen LogP contribution in [-0.2, 0) is 10.8 Å². The predicted molar refractivity (Wildman–Crippen MR) is 108 cm³/mol. The Morgan fingerprint density at radius 1 is 0.808 bits per heavy atom. The zero-order valence-electron chi connectivity index (χ0n) is 14.0. The highest BCUT2D eigenvalue weighted by atomic mass is 35.5. The molecule has 0 aliphatic heterocycles. The molecule has 5 heteroatoms. The van der Waals surface area contributed by atoms with Crippen LogP contribution < -0.4 is 0 Å². The Kier molecular flexibility index (Phi) is 4.53. The molecule has 0 N–H and O–H groups in total. The lowest BCUT2D eigenvalue weighted by molar-refractivity contribution is 0.687. The van der Waals surface area contributed by atoms with Crippen LogP contribution in [0.5, 0.6) is 0 Å². The number of rotatable bonds is 3. The summed E-state index contributed by atoms with van der Waals surface area (Å²) in [6.45, 7) is 0. The van der Waals surface area contributed by atoms with Gasteiger partial charge in [-0.25, -0.2) is 9.97 Å². The molecule has 0 fully saturated rings. The van der Waals surface area contributed by atoms with Gasteiger partial charge >= 0.3 is 0 Å². The van der Waals surface area contributed by atoms with Crippen LogP contribution in [0, 0.1) is 0 Å². The van der Waals surface area contributed by atoms with Crippen molar-refractivity contribution in [1.29, 1.82) is 0 Å². The summed E-state index contributed by atoms with van der Waals surface area (Å²) < 4.78 is 12.2. The molecule has 1 unspecified atom stereocenters. The summed E-state index contributed by atoms with van der Waals surface area (Å²) >= 11 is 6.27. The Morgan fingerprint density at radius 3 is 2.27 bits per heavy atom. The molecule has 0 aliphatic rings. The summed E-state index contributed by atoms with van der Waals surface area (Å²) in [5.41, 5.74) is 4.34. The van der Waals surface area contributed by atoms with Crippen molar-refractivity contribution in [2.75, 3.05) is 6.26 Å². The van der Waals surface area contributed by atoms with Crippen molar-refractivity contribution in [3.63, 3.8) is 0 Å². The summed E-state index contributed by atoms with van der Waals surface area (Å²) in [4.78, 5) is 9.69. The molecule has 4 aromatic rings. The SMILES string of the molecule is CS(=O)c1ccccc1-c1nc(Cl)nc2c(-c3ccccc3)cccc12. The van der Waals surface area contributed by atoms with Gasteiger partial charge in [0.05, 0.1) is 22.0 Å². The lowest BCUT2D eigenvalue weighted by Crippen LogP contribution is -1.97. The smallest absolute Gasteiger partial charge is 0.223 e. The van der Waals surface area contributed by atoms with Crippen molar-refractivity contribution in [2.45, 2.75) is 4.90 Å². The highest BCUT2D eigenvalue weighted by Gasteiger charge is 2.16. The Hall–Kier alpha value is -2.56. The van der Waals surface area contributed by atoms with Crippen LogP contribution in [0.3, 0.4) is 0 Å². The standard InChI is InChI=1S/C21H15ClN2OS/c1-26(25)18-13-6-5-10-16(18)20-17-12-7-11-15(14-8-3-2-4-9-14)19(17)23-21(22)24-20/h2-13H,1H3. The van der Waals surface area contributed by atoms with Crippen LogP contribution in [0.1, 0.15) is 0 Å². The van der Waals surface area contributed by atoms with E-state index in [0.717, 1.165) is 32.5 Å². The zero-order valence-corrected chi connectivity index (χ0v) is 15.6. The van der Waals surface area contributed by atoms with Gasteiger partial charge in [0.15, 0.2) is 0 Å². The summed E-state index contributed by atoms with van der Waals surface area (Å²) in [6.07, 6.45) is 1.67. The average molecular weight is 379 g/mol. The van der Waals surface area contributed by atoms with Crippen molar-refractivity contribution in [3.8, 4) is 22.4 Å². The molecule has 0 amide bonds. The Labute approximate surface area is 159 Å². The zero-order chi connectivity index (χ0) is 18.1. The number of aromatic nitrogens is 2. The minimum atomic E-state index is -1.14.